The van der Waals surface area contributed by atoms with Crippen LogP contribution in [0.2, 0.25) is 10.0 Å². The molecule has 3 saturated carbocycles. The van der Waals surface area contributed by atoms with Crippen molar-refractivity contribution in [1.82, 2.24) is 10.6 Å². The maximum absolute atomic E-state index is 13.7. The molecule has 0 saturated heterocycles. The Morgan fingerprint density at radius 1 is 0.897 bits per heavy atom. The van der Waals surface area contributed by atoms with Gasteiger partial charge in [0.05, 0.1) is 21.8 Å². The number of carbonyl (C=O) groups is 2. The fourth-order valence-electron chi connectivity index (χ4n) is 5.05. The Balaban J connectivity index is 1.39. The molecule has 2 aromatic carbocycles. The lowest BCUT2D eigenvalue weighted by Gasteiger charge is -2.57. The van der Waals surface area contributed by atoms with Gasteiger partial charge in [0, 0.05) is 24.1 Å². The quantitative estimate of drug-likeness (QED) is 0.395. The van der Waals surface area contributed by atoms with Crippen LogP contribution in [0.4, 0.5) is 8.78 Å². The Morgan fingerprint density at radius 3 is 1.85 bits per heavy atom. The first-order valence-electron chi connectivity index (χ1n) is 11.9. The summed E-state index contributed by atoms with van der Waals surface area (Å²) in [5, 5.41) is 5.61. The molecule has 2 N–H and O–H groups in total. The summed E-state index contributed by atoms with van der Waals surface area (Å²) in [5.41, 5.74) is -1.80. The van der Waals surface area contributed by atoms with Crippen molar-refractivity contribution in [2.45, 2.75) is 49.3 Å². The predicted molar refractivity (Wildman–Crippen MR) is 138 cm³/mol. The topological polar surface area (TPSA) is 120 Å². The van der Waals surface area contributed by atoms with Crippen molar-refractivity contribution in [2.75, 3.05) is 19.5 Å². The molecular weight excluding hydrogens is 581 g/mol. The van der Waals surface area contributed by atoms with Crippen molar-refractivity contribution in [1.29, 1.82) is 0 Å². The first-order chi connectivity index (χ1) is 18.3. The van der Waals surface area contributed by atoms with Gasteiger partial charge in [-0.1, -0.05) is 23.2 Å². The Kier molecular flexibility index (Phi) is 8.60. The number of amides is 2. The van der Waals surface area contributed by atoms with E-state index in [4.69, 9.17) is 36.9 Å². The second-order valence-electron chi connectivity index (χ2n) is 9.76. The molecule has 2 amide bonds. The summed E-state index contributed by atoms with van der Waals surface area (Å²) >= 11 is 11.3. The predicted octanol–water partition coefficient (Wildman–Crippen LogP) is 3.76. The summed E-state index contributed by atoms with van der Waals surface area (Å²) in [6.45, 7) is -0.843. The number of hydrogen-bond acceptors (Lipinski definition) is 7. The largest absolute Gasteiger partial charge is 0.484 e. The van der Waals surface area contributed by atoms with Gasteiger partial charge in [-0.3, -0.25) is 13.8 Å². The van der Waals surface area contributed by atoms with E-state index in [1.807, 2.05) is 0 Å². The van der Waals surface area contributed by atoms with Crippen molar-refractivity contribution in [3.05, 3.63) is 58.1 Å². The van der Waals surface area contributed by atoms with E-state index in [1.165, 1.54) is 24.3 Å². The van der Waals surface area contributed by atoms with Crippen molar-refractivity contribution in [2.24, 2.45) is 0 Å². The Hall–Kier alpha value is -2.67. The van der Waals surface area contributed by atoms with E-state index in [2.05, 4.69) is 10.6 Å². The SMILES string of the molecule is CS(=O)(=O)OC1CC2(NC(=O)COc3ccc(Cl)c(F)c3)CCC1(NC(=O)COc1ccc(Cl)c(F)c1)CC2. The van der Waals surface area contributed by atoms with Crippen LogP contribution < -0.4 is 20.1 Å². The van der Waals surface area contributed by atoms with Gasteiger partial charge in [0.1, 0.15) is 29.2 Å². The molecule has 212 valence electrons. The Bertz CT molecular complexity index is 1370. The molecule has 1 unspecified atom stereocenters. The molecular formula is C25H26Cl2F2N2O7S. The zero-order valence-corrected chi connectivity index (χ0v) is 23.1. The first-order valence-corrected chi connectivity index (χ1v) is 14.5. The number of ether oxygens (including phenoxy) is 2. The number of fused-ring (bicyclic) bond motifs is 3. The highest BCUT2D eigenvalue weighted by Gasteiger charge is 2.57. The highest BCUT2D eigenvalue weighted by molar-refractivity contribution is 7.86. The van der Waals surface area contributed by atoms with Gasteiger partial charge in [-0.15, -0.1) is 0 Å². The molecule has 0 aromatic heterocycles. The molecule has 2 bridgehead atoms. The van der Waals surface area contributed by atoms with Gasteiger partial charge >= 0.3 is 0 Å². The van der Waals surface area contributed by atoms with Crippen LogP contribution in [0.3, 0.4) is 0 Å². The summed E-state index contributed by atoms with van der Waals surface area (Å²) in [6.07, 6.45) is 1.57. The molecule has 3 aliphatic rings. The highest BCUT2D eigenvalue weighted by Crippen LogP contribution is 2.48. The molecule has 39 heavy (non-hydrogen) atoms. The van der Waals surface area contributed by atoms with E-state index >= 15 is 0 Å². The van der Waals surface area contributed by atoms with Gasteiger partial charge in [-0.05, 0) is 49.9 Å². The van der Waals surface area contributed by atoms with Crippen LogP contribution in [0.5, 0.6) is 11.5 Å². The van der Waals surface area contributed by atoms with Crippen molar-refractivity contribution in [3.63, 3.8) is 0 Å². The summed E-state index contributed by atoms with van der Waals surface area (Å²) in [7, 11) is -3.91. The van der Waals surface area contributed by atoms with Gasteiger partial charge in [-0.25, -0.2) is 8.78 Å². The van der Waals surface area contributed by atoms with Crippen LogP contribution in [-0.4, -0.2) is 56.9 Å². The highest BCUT2D eigenvalue weighted by atomic mass is 35.5. The number of rotatable bonds is 10. The minimum atomic E-state index is -3.91. The lowest BCUT2D eigenvalue weighted by molar-refractivity contribution is -0.135. The molecule has 9 nitrogen and oxygen atoms in total. The van der Waals surface area contributed by atoms with Gasteiger partial charge in [-0.2, -0.15) is 8.42 Å². The summed E-state index contributed by atoms with van der Waals surface area (Å²) < 4.78 is 67.5. The lowest BCUT2D eigenvalue weighted by Crippen LogP contribution is -2.71. The molecule has 3 aliphatic carbocycles. The molecule has 0 aliphatic heterocycles. The smallest absolute Gasteiger partial charge is 0.264 e. The van der Waals surface area contributed by atoms with Crippen LogP contribution in [-0.2, 0) is 23.9 Å². The van der Waals surface area contributed by atoms with E-state index < -0.39 is 64.0 Å². The molecule has 0 spiro atoms. The fourth-order valence-corrected chi connectivity index (χ4v) is 5.96. The van der Waals surface area contributed by atoms with Crippen molar-refractivity contribution in [3.8, 4) is 11.5 Å². The van der Waals surface area contributed by atoms with Gasteiger partial charge in [0.15, 0.2) is 13.2 Å². The van der Waals surface area contributed by atoms with Crippen LogP contribution in [0.1, 0.15) is 32.1 Å². The average molecular weight is 607 g/mol. The summed E-state index contributed by atoms with van der Waals surface area (Å²) in [4.78, 5) is 25.5. The minimum absolute atomic E-state index is 0.0759. The van der Waals surface area contributed by atoms with E-state index in [-0.39, 0.29) is 28.0 Å². The maximum Gasteiger partial charge on any atom is 0.264 e. The van der Waals surface area contributed by atoms with Gasteiger partial charge < -0.3 is 20.1 Å². The third-order valence-electron chi connectivity index (χ3n) is 6.90. The monoisotopic (exact) mass is 606 g/mol. The van der Waals surface area contributed by atoms with E-state index in [0.717, 1.165) is 18.4 Å². The third kappa shape index (κ3) is 7.30. The molecule has 3 fully saturated rings. The number of carbonyl (C=O) groups excluding carboxylic acids is 2. The fraction of sp³-hybridized carbons (Fsp3) is 0.440. The lowest BCUT2D eigenvalue weighted by atomic mass is 9.60. The first kappa shape index (κ1) is 29.3. The standard InChI is InChI=1S/C25H26Cl2F2N2O7S/c1-39(34,35)38-21-12-24(30-22(32)13-36-15-2-4-17(26)19(28)10-15)6-8-25(21,9-7-24)31-23(33)14-37-16-3-5-18(27)20(29)11-16/h2-5,10-11,21H,6-9,12-14H2,1H3,(H,30,32)(H,31,33). The van der Waals surface area contributed by atoms with Gasteiger partial charge in [0.2, 0.25) is 0 Å². The summed E-state index contributed by atoms with van der Waals surface area (Å²) in [5.74, 6) is -2.18. The Morgan fingerprint density at radius 2 is 1.38 bits per heavy atom. The van der Waals surface area contributed by atoms with Crippen molar-refractivity contribution < 1.29 is 40.4 Å². The number of halogens is 4. The zero-order valence-electron chi connectivity index (χ0n) is 20.8. The minimum Gasteiger partial charge on any atom is -0.484 e. The van der Waals surface area contributed by atoms with Crippen LogP contribution in [0, 0.1) is 11.6 Å². The third-order valence-corrected chi connectivity index (χ3v) is 8.09. The Labute approximate surface area is 234 Å². The van der Waals surface area contributed by atoms with Crippen molar-refractivity contribution >= 4 is 45.1 Å². The van der Waals surface area contributed by atoms with Crippen LogP contribution in [0.25, 0.3) is 0 Å². The molecule has 14 heteroatoms. The molecule has 2 aromatic rings. The van der Waals surface area contributed by atoms with Crippen LogP contribution >= 0.6 is 23.2 Å². The number of hydrogen-bond donors (Lipinski definition) is 2. The maximum atomic E-state index is 13.7. The number of nitrogens with one attached hydrogen (secondary N) is 2. The molecule has 1 atom stereocenters. The zero-order chi connectivity index (χ0) is 28.4. The van der Waals surface area contributed by atoms with E-state index in [0.29, 0.717) is 25.7 Å². The molecule has 0 heterocycles. The second kappa shape index (κ2) is 11.4. The molecule has 5 rings (SSSR count). The second-order valence-corrected chi connectivity index (χ2v) is 12.2. The number of benzene rings is 2. The normalized spacial score (nSPS) is 24.2. The van der Waals surface area contributed by atoms with Crippen LogP contribution in [0.15, 0.2) is 36.4 Å². The van der Waals surface area contributed by atoms with E-state index in [9.17, 15) is 26.8 Å². The van der Waals surface area contributed by atoms with Gasteiger partial charge in [0.25, 0.3) is 21.9 Å². The average Bonchev–Trinajstić information content (AvgIpc) is 2.85. The molecule has 0 radical (unpaired) electrons. The van der Waals surface area contributed by atoms with E-state index in [1.54, 1.807) is 0 Å². The summed E-state index contributed by atoms with van der Waals surface area (Å²) in [6, 6.07) is 7.57.